The molecule has 0 radical (unpaired) electrons. The molecule has 1 N–H and O–H groups in total. The number of fused-ring (bicyclic) bond motifs is 5. The third-order valence-electron chi connectivity index (χ3n) is 3.96. The Balaban J connectivity index is 1.78. The van der Waals surface area contributed by atoms with Gasteiger partial charge in [-0.15, -0.1) is 0 Å². The molecular weight excluding hydrogens is 256 g/mol. The van der Waals surface area contributed by atoms with Gasteiger partial charge in [-0.1, -0.05) is 6.07 Å². The van der Waals surface area contributed by atoms with E-state index in [4.69, 9.17) is 14.2 Å². The van der Waals surface area contributed by atoms with Crippen LogP contribution in [-0.2, 0) is 0 Å². The van der Waals surface area contributed by atoms with E-state index in [0.29, 0.717) is 12.4 Å². The van der Waals surface area contributed by atoms with Gasteiger partial charge in [-0.3, -0.25) is 0 Å². The molecule has 2 atom stereocenters. The van der Waals surface area contributed by atoms with Crippen LogP contribution in [0.4, 0.5) is 0 Å². The Morgan fingerprint density at radius 3 is 2.80 bits per heavy atom. The topological polar surface area (TPSA) is 47.9 Å². The van der Waals surface area contributed by atoms with Crippen LogP contribution >= 0.6 is 0 Å². The third-order valence-corrected chi connectivity index (χ3v) is 3.96. The molecule has 2 aliphatic heterocycles. The average Bonchev–Trinajstić information content (AvgIpc) is 2.84. The maximum Gasteiger partial charge on any atom is 0.138 e. The van der Waals surface area contributed by atoms with E-state index < -0.39 is 0 Å². The van der Waals surface area contributed by atoms with Crippen molar-refractivity contribution in [2.24, 2.45) is 0 Å². The lowest BCUT2D eigenvalue weighted by Crippen LogP contribution is -2.22. The molecule has 4 rings (SSSR count). The van der Waals surface area contributed by atoms with E-state index in [1.807, 2.05) is 24.3 Å². The average molecular weight is 270 g/mol. The van der Waals surface area contributed by atoms with Crippen LogP contribution < -0.4 is 14.2 Å². The smallest absolute Gasteiger partial charge is 0.138 e. The number of methoxy groups -OCH3 is 1. The summed E-state index contributed by atoms with van der Waals surface area (Å²) in [5, 5.41) is 9.53. The second-order valence-electron chi connectivity index (χ2n) is 5.08. The van der Waals surface area contributed by atoms with Crippen molar-refractivity contribution in [3.63, 3.8) is 0 Å². The van der Waals surface area contributed by atoms with Crippen molar-refractivity contribution < 1.29 is 19.3 Å². The molecular formula is C16H14O4. The van der Waals surface area contributed by atoms with Crippen LogP contribution in [0.25, 0.3) is 0 Å². The van der Waals surface area contributed by atoms with Crippen LogP contribution in [-0.4, -0.2) is 18.8 Å². The normalized spacial score (nSPS) is 22.1. The van der Waals surface area contributed by atoms with E-state index >= 15 is 0 Å². The van der Waals surface area contributed by atoms with Crippen LogP contribution in [0.3, 0.4) is 0 Å². The van der Waals surface area contributed by atoms with Crippen LogP contribution in [0.1, 0.15) is 23.1 Å². The first kappa shape index (κ1) is 11.5. The van der Waals surface area contributed by atoms with E-state index in [1.54, 1.807) is 19.2 Å². The van der Waals surface area contributed by atoms with Gasteiger partial charge in [0, 0.05) is 23.3 Å². The molecule has 4 nitrogen and oxygen atoms in total. The highest BCUT2D eigenvalue weighted by atomic mass is 16.5. The van der Waals surface area contributed by atoms with E-state index in [9.17, 15) is 5.11 Å². The zero-order valence-electron chi connectivity index (χ0n) is 11.0. The predicted molar refractivity (Wildman–Crippen MR) is 72.7 cm³/mol. The second kappa shape index (κ2) is 4.07. The van der Waals surface area contributed by atoms with Crippen molar-refractivity contribution >= 4 is 0 Å². The summed E-state index contributed by atoms with van der Waals surface area (Å²) in [7, 11) is 1.64. The number of ether oxygens (including phenoxy) is 3. The lowest BCUT2D eigenvalue weighted by atomic mass is 9.89. The zero-order valence-corrected chi connectivity index (χ0v) is 11.0. The Morgan fingerprint density at radius 2 is 1.95 bits per heavy atom. The summed E-state index contributed by atoms with van der Waals surface area (Å²) < 4.78 is 17.1. The quantitative estimate of drug-likeness (QED) is 0.865. The van der Waals surface area contributed by atoms with Gasteiger partial charge in [-0.05, 0) is 18.2 Å². The van der Waals surface area contributed by atoms with Crippen molar-refractivity contribution in [2.45, 2.75) is 12.0 Å². The highest BCUT2D eigenvalue weighted by Gasteiger charge is 2.40. The molecule has 102 valence electrons. The van der Waals surface area contributed by atoms with Gasteiger partial charge in [-0.2, -0.15) is 0 Å². The summed E-state index contributed by atoms with van der Waals surface area (Å²) in [6, 6.07) is 11.1. The summed E-state index contributed by atoms with van der Waals surface area (Å²) in [6.07, 6.45) is -0.0542. The van der Waals surface area contributed by atoms with Crippen LogP contribution in [0.5, 0.6) is 23.0 Å². The number of benzene rings is 2. The summed E-state index contributed by atoms with van der Waals surface area (Å²) in [6.45, 7) is 0.556. The molecule has 0 bridgehead atoms. The molecule has 4 heteroatoms. The number of phenols is 1. The SMILES string of the molecule is COc1ccc2c(c1)O[C@H]1c3ccc(O)cc3OC[C@@H]21. The van der Waals surface area contributed by atoms with Gasteiger partial charge in [0.1, 0.15) is 29.1 Å². The number of hydrogen-bond donors (Lipinski definition) is 1. The van der Waals surface area contributed by atoms with Gasteiger partial charge in [0.2, 0.25) is 0 Å². The molecule has 2 aromatic carbocycles. The molecule has 0 aliphatic carbocycles. The molecule has 2 aliphatic rings. The zero-order chi connectivity index (χ0) is 13.7. The molecule has 0 saturated carbocycles. The van der Waals surface area contributed by atoms with Crippen molar-refractivity contribution in [3.05, 3.63) is 47.5 Å². The first-order valence-electron chi connectivity index (χ1n) is 6.56. The first-order chi connectivity index (χ1) is 9.76. The first-order valence-corrected chi connectivity index (χ1v) is 6.56. The molecule has 0 unspecified atom stereocenters. The summed E-state index contributed by atoms with van der Waals surface area (Å²) in [4.78, 5) is 0. The monoisotopic (exact) mass is 270 g/mol. The van der Waals surface area contributed by atoms with Gasteiger partial charge in [-0.25, -0.2) is 0 Å². The number of hydrogen-bond acceptors (Lipinski definition) is 4. The summed E-state index contributed by atoms with van der Waals surface area (Å²) >= 11 is 0. The van der Waals surface area contributed by atoms with Crippen molar-refractivity contribution in [1.82, 2.24) is 0 Å². The Morgan fingerprint density at radius 1 is 1.10 bits per heavy atom. The van der Waals surface area contributed by atoms with Gasteiger partial charge < -0.3 is 19.3 Å². The minimum absolute atomic E-state index is 0.0542. The van der Waals surface area contributed by atoms with Crippen LogP contribution in [0.15, 0.2) is 36.4 Å². The number of aromatic hydroxyl groups is 1. The summed E-state index contributed by atoms with van der Waals surface area (Å²) in [5.41, 5.74) is 2.13. The van der Waals surface area contributed by atoms with Gasteiger partial charge >= 0.3 is 0 Å². The van der Waals surface area contributed by atoms with Crippen LogP contribution in [0, 0.1) is 0 Å². The molecule has 20 heavy (non-hydrogen) atoms. The largest absolute Gasteiger partial charge is 0.508 e. The minimum Gasteiger partial charge on any atom is -0.508 e. The van der Waals surface area contributed by atoms with Crippen molar-refractivity contribution in [3.8, 4) is 23.0 Å². The third kappa shape index (κ3) is 1.54. The molecule has 2 aromatic rings. The number of rotatable bonds is 1. The van der Waals surface area contributed by atoms with Crippen molar-refractivity contribution in [1.29, 1.82) is 0 Å². The summed E-state index contributed by atoms with van der Waals surface area (Å²) in [5.74, 6) is 2.73. The lowest BCUT2D eigenvalue weighted by Gasteiger charge is -2.27. The Hall–Kier alpha value is -2.36. The van der Waals surface area contributed by atoms with Gasteiger partial charge in [0.15, 0.2) is 0 Å². The van der Waals surface area contributed by atoms with E-state index in [-0.39, 0.29) is 17.8 Å². The fourth-order valence-corrected chi connectivity index (χ4v) is 2.95. The van der Waals surface area contributed by atoms with E-state index in [0.717, 1.165) is 22.6 Å². The standard InChI is InChI=1S/C16H14O4/c1-18-10-3-5-11-13-8-19-14-6-9(17)2-4-12(14)16(13)20-15(11)7-10/h2-7,13,16-17H,8H2,1H3/t13-,16-/m0/s1. The number of phenolic OH excluding ortho intramolecular Hbond substituents is 1. The molecule has 0 aromatic heterocycles. The van der Waals surface area contributed by atoms with Crippen LogP contribution in [0.2, 0.25) is 0 Å². The Bertz CT molecular complexity index is 680. The fraction of sp³-hybridized carbons (Fsp3) is 0.250. The van der Waals surface area contributed by atoms with E-state index in [1.165, 1.54) is 0 Å². The second-order valence-corrected chi connectivity index (χ2v) is 5.08. The Kier molecular flexibility index (Phi) is 2.33. The predicted octanol–water partition coefficient (Wildman–Crippen LogP) is 3.01. The maximum atomic E-state index is 9.53. The molecule has 0 fully saturated rings. The van der Waals surface area contributed by atoms with Gasteiger partial charge in [0.05, 0.1) is 19.6 Å². The minimum atomic E-state index is -0.0542. The molecule has 2 heterocycles. The van der Waals surface area contributed by atoms with Crippen molar-refractivity contribution in [2.75, 3.05) is 13.7 Å². The highest BCUT2D eigenvalue weighted by molar-refractivity contribution is 5.52. The molecule has 0 amide bonds. The molecule has 0 saturated heterocycles. The highest BCUT2D eigenvalue weighted by Crippen LogP contribution is 2.52. The Labute approximate surface area is 116 Å². The van der Waals surface area contributed by atoms with E-state index in [2.05, 4.69) is 0 Å². The fourth-order valence-electron chi connectivity index (χ4n) is 2.95. The van der Waals surface area contributed by atoms with Gasteiger partial charge in [0.25, 0.3) is 0 Å². The lowest BCUT2D eigenvalue weighted by molar-refractivity contribution is 0.139. The molecule has 0 spiro atoms. The maximum absolute atomic E-state index is 9.53.